The fourth-order valence-corrected chi connectivity index (χ4v) is 3.22. The van der Waals surface area contributed by atoms with E-state index in [1.54, 1.807) is 38.3 Å². The normalized spacial score (nSPS) is 11.2. The Balaban J connectivity index is 2.27. The van der Waals surface area contributed by atoms with Gasteiger partial charge in [0.05, 0.1) is 32.4 Å². The van der Waals surface area contributed by atoms with Crippen LogP contribution in [0.2, 0.25) is 0 Å². The van der Waals surface area contributed by atoms with Gasteiger partial charge >= 0.3 is 0 Å². The highest BCUT2D eigenvalue weighted by Gasteiger charge is 2.15. The van der Waals surface area contributed by atoms with E-state index in [1.165, 1.54) is 5.56 Å². The zero-order valence-electron chi connectivity index (χ0n) is 16.7. The Morgan fingerprint density at radius 1 is 1.11 bits per heavy atom. The number of hydrogen-bond donors (Lipinski definition) is 1. The molecule has 0 atom stereocenters. The standard InChI is InChI=1S/C20H29N3O4/c1-14-8-15(2)19(16(9-14)11-25-3)22-10-18-20(24)23(7-6-21-18)17(12-26-4)13-27-5/h6-9,17,22H,10-13H2,1-5H3. The van der Waals surface area contributed by atoms with Crippen molar-refractivity contribution in [3.63, 3.8) is 0 Å². The molecule has 0 aliphatic heterocycles. The first-order chi connectivity index (χ1) is 13.0. The van der Waals surface area contributed by atoms with Gasteiger partial charge in [0, 0.05) is 45.0 Å². The molecular weight excluding hydrogens is 346 g/mol. The van der Waals surface area contributed by atoms with E-state index in [1.807, 2.05) is 6.92 Å². The number of aryl methyl sites for hydroxylation is 2. The molecule has 1 aromatic carbocycles. The molecule has 7 nitrogen and oxygen atoms in total. The molecule has 0 saturated carbocycles. The van der Waals surface area contributed by atoms with Crippen molar-refractivity contribution in [1.29, 1.82) is 0 Å². The molecule has 0 unspecified atom stereocenters. The Bertz CT molecular complexity index is 798. The predicted octanol–water partition coefficient (Wildman–Crippen LogP) is 2.45. The molecule has 1 N–H and O–H groups in total. The lowest BCUT2D eigenvalue weighted by molar-refractivity contribution is 0.0876. The molecule has 2 aromatic rings. The quantitative estimate of drug-likeness (QED) is 0.688. The number of benzene rings is 1. The summed E-state index contributed by atoms with van der Waals surface area (Å²) in [5.41, 5.74) is 4.61. The Labute approximate surface area is 160 Å². The summed E-state index contributed by atoms with van der Waals surface area (Å²) in [6.07, 6.45) is 3.30. The highest BCUT2D eigenvalue weighted by atomic mass is 16.5. The van der Waals surface area contributed by atoms with Crippen molar-refractivity contribution in [2.45, 2.75) is 33.0 Å². The van der Waals surface area contributed by atoms with Gasteiger partial charge in [-0.15, -0.1) is 0 Å². The minimum absolute atomic E-state index is 0.151. The molecule has 7 heteroatoms. The number of rotatable bonds is 10. The maximum absolute atomic E-state index is 12.9. The van der Waals surface area contributed by atoms with E-state index < -0.39 is 0 Å². The fraction of sp³-hybridized carbons (Fsp3) is 0.500. The second-order valence-corrected chi connectivity index (χ2v) is 6.55. The van der Waals surface area contributed by atoms with Crippen LogP contribution in [-0.4, -0.2) is 44.1 Å². The zero-order valence-corrected chi connectivity index (χ0v) is 16.7. The van der Waals surface area contributed by atoms with E-state index in [9.17, 15) is 4.79 Å². The Hall–Kier alpha value is -2.22. The minimum atomic E-state index is -0.195. The molecule has 0 radical (unpaired) electrons. The first-order valence-corrected chi connectivity index (χ1v) is 8.88. The van der Waals surface area contributed by atoms with E-state index in [4.69, 9.17) is 14.2 Å². The van der Waals surface area contributed by atoms with Gasteiger partial charge in [-0.25, -0.2) is 0 Å². The lowest BCUT2D eigenvalue weighted by Crippen LogP contribution is -2.33. The molecule has 27 heavy (non-hydrogen) atoms. The number of hydrogen-bond acceptors (Lipinski definition) is 6. The first kappa shape index (κ1) is 21.1. The van der Waals surface area contributed by atoms with E-state index in [2.05, 4.69) is 29.4 Å². The van der Waals surface area contributed by atoms with Crippen LogP contribution in [0.4, 0.5) is 5.69 Å². The minimum Gasteiger partial charge on any atom is -0.382 e. The molecule has 1 aromatic heterocycles. The molecule has 0 aliphatic rings. The zero-order chi connectivity index (χ0) is 19.8. The number of anilines is 1. The smallest absolute Gasteiger partial charge is 0.274 e. The molecule has 2 rings (SSSR count). The number of aromatic nitrogens is 2. The monoisotopic (exact) mass is 375 g/mol. The molecule has 1 heterocycles. The summed E-state index contributed by atoms with van der Waals surface area (Å²) in [4.78, 5) is 17.1. The van der Waals surface area contributed by atoms with Gasteiger partial charge < -0.3 is 24.1 Å². The topological polar surface area (TPSA) is 74.6 Å². The maximum atomic E-state index is 12.9. The molecular formula is C20H29N3O4. The van der Waals surface area contributed by atoms with Crippen LogP contribution < -0.4 is 10.9 Å². The molecule has 0 saturated heterocycles. The molecule has 0 fully saturated rings. The third-order valence-corrected chi connectivity index (χ3v) is 4.34. The lowest BCUT2D eigenvalue weighted by atomic mass is 10.0. The van der Waals surface area contributed by atoms with Gasteiger partial charge in [0.15, 0.2) is 0 Å². The van der Waals surface area contributed by atoms with Crippen molar-refractivity contribution in [2.75, 3.05) is 39.9 Å². The van der Waals surface area contributed by atoms with E-state index in [0.29, 0.717) is 32.1 Å². The van der Waals surface area contributed by atoms with Gasteiger partial charge in [0.25, 0.3) is 5.56 Å². The molecule has 148 valence electrons. The largest absolute Gasteiger partial charge is 0.382 e. The van der Waals surface area contributed by atoms with E-state index in [0.717, 1.165) is 16.8 Å². The van der Waals surface area contributed by atoms with Gasteiger partial charge in [-0.1, -0.05) is 17.7 Å². The van der Waals surface area contributed by atoms with Crippen molar-refractivity contribution in [2.24, 2.45) is 0 Å². The highest BCUT2D eigenvalue weighted by Crippen LogP contribution is 2.24. The first-order valence-electron chi connectivity index (χ1n) is 8.88. The van der Waals surface area contributed by atoms with Crippen LogP contribution in [0.15, 0.2) is 29.3 Å². The Morgan fingerprint density at radius 3 is 2.44 bits per heavy atom. The highest BCUT2D eigenvalue weighted by molar-refractivity contribution is 5.58. The number of nitrogens with zero attached hydrogens (tertiary/aromatic N) is 2. The van der Waals surface area contributed by atoms with Crippen molar-refractivity contribution >= 4 is 5.69 Å². The summed E-state index contributed by atoms with van der Waals surface area (Å²) < 4.78 is 17.4. The fourth-order valence-electron chi connectivity index (χ4n) is 3.22. The van der Waals surface area contributed by atoms with Gasteiger partial charge in [-0.05, 0) is 19.4 Å². The molecule has 0 amide bonds. The van der Waals surface area contributed by atoms with Crippen LogP contribution in [0, 0.1) is 13.8 Å². The van der Waals surface area contributed by atoms with Crippen LogP contribution in [-0.2, 0) is 27.4 Å². The molecule has 0 spiro atoms. The second-order valence-electron chi connectivity index (χ2n) is 6.55. The van der Waals surface area contributed by atoms with Crippen molar-refractivity contribution in [3.05, 3.63) is 57.3 Å². The summed E-state index contributed by atoms with van der Waals surface area (Å²) in [7, 11) is 4.88. The van der Waals surface area contributed by atoms with Crippen LogP contribution in [0.1, 0.15) is 28.4 Å². The van der Waals surface area contributed by atoms with Crippen molar-refractivity contribution in [3.8, 4) is 0 Å². The van der Waals surface area contributed by atoms with Crippen LogP contribution in [0.25, 0.3) is 0 Å². The number of nitrogens with one attached hydrogen (secondary N) is 1. The Kier molecular flexibility index (Phi) is 7.97. The van der Waals surface area contributed by atoms with Crippen molar-refractivity contribution < 1.29 is 14.2 Å². The third-order valence-electron chi connectivity index (χ3n) is 4.34. The van der Waals surface area contributed by atoms with Gasteiger partial charge in [-0.3, -0.25) is 9.78 Å². The van der Waals surface area contributed by atoms with Crippen LogP contribution in [0.3, 0.4) is 0 Å². The van der Waals surface area contributed by atoms with Gasteiger partial charge in [0.1, 0.15) is 5.69 Å². The average molecular weight is 375 g/mol. The summed E-state index contributed by atoms with van der Waals surface area (Å²) in [6.45, 7) is 5.70. The number of ether oxygens (including phenoxy) is 3. The van der Waals surface area contributed by atoms with E-state index in [-0.39, 0.29) is 11.6 Å². The third kappa shape index (κ3) is 5.38. The van der Waals surface area contributed by atoms with Gasteiger partial charge in [0.2, 0.25) is 0 Å². The van der Waals surface area contributed by atoms with Gasteiger partial charge in [-0.2, -0.15) is 0 Å². The summed E-state index contributed by atoms with van der Waals surface area (Å²) in [6, 6.07) is 3.99. The lowest BCUT2D eigenvalue weighted by Gasteiger charge is -2.19. The molecule has 0 bridgehead atoms. The number of methoxy groups -OCH3 is 3. The second kappa shape index (κ2) is 10.2. The molecule has 0 aliphatic carbocycles. The van der Waals surface area contributed by atoms with Crippen LogP contribution >= 0.6 is 0 Å². The van der Waals surface area contributed by atoms with Crippen molar-refractivity contribution in [1.82, 2.24) is 9.55 Å². The summed E-state index contributed by atoms with van der Waals surface area (Å²) in [5.74, 6) is 0. The average Bonchev–Trinajstić information content (AvgIpc) is 2.62. The summed E-state index contributed by atoms with van der Waals surface area (Å²) in [5, 5.41) is 3.36. The predicted molar refractivity (Wildman–Crippen MR) is 105 cm³/mol. The van der Waals surface area contributed by atoms with Crippen LogP contribution in [0.5, 0.6) is 0 Å². The Morgan fingerprint density at radius 2 is 1.81 bits per heavy atom. The van der Waals surface area contributed by atoms with E-state index >= 15 is 0 Å². The summed E-state index contributed by atoms with van der Waals surface area (Å²) >= 11 is 0. The maximum Gasteiger partial charge on any atom is 0.274 e. The SMILES string of the molecule is COCc1cc(C)cc(C)c1NCc1nccn(C(COC)COC)c1=O.